The molecule has 0 saturated heterocycles. The average Bonchev–Trinajstić information content (AvgIpc) is 2.93. The molecule has 2 rings (SSSR count). The summed E-state index contributed by atoms with van der Waals surface area (Å²) < 4.78 is 1.60. The predicted octanol–water partition coefficient (Wildman–Crippen LogP) is 3.06. The first kappa shape index (κ1) is 18.0. The van der Waals surface area contributed by atoms with Crippen molar-refractivity contribution in [2.75, 3.05) is 6.54 Å². The molecule has 0 spiro atoms. The van der Waals surface area contributed by atoms with Gasteiger partial charge in [0.1, 0.15) is 0 Å². The van der Waals surface area contributed by atoms with E-state index < -0.39 is 11.9 Å². The van der Waals surface area contributed by atoms with Gasteiger partial charge in [0, 0.05) is 6.54 Å². The highest BCUT2D eigenvalue weighted by Gasteiger charge is 2.20. The number of para-hydroxylation sites is 1. The summed E-state index contributed by atoms with van der Waals surface area (Å²) in [5.41, 5.74) is 1.73. The van der Waals surface area contributed by atoms with E-state index in [1.165, 1.54) is 6.20 Å². The molecule has 2 N–H and O–H groups in total. The highest BCUT2D eigenvalue weighted by atomic mass is 35.5. The molecule has 0 aliphatic rings. The number of carboxylic acid groups (broad SMARTS) is 1. The van der Waals surface area contributed by atoms with Gasteiger partial charge in [0.25, 0.3) is 5.91 Å². The predicted molar refractivity (Wildman–Crippen MR) is 91.7 cm³/mol. The summed E-state index contributed by atoms with van der Waals surface area (Å²) in [7, 11) is 0. The van der Waals surface area contributed by atoms with Crippen molar-refractivity contribution in [3.63, 3.8) is 0 Å². The zero-order valence-electron chi connectivity index (χ0n) is 13.6. The zero-order chi connectivity index (χ0) is 17.7. The summed E-state index contributed by atoms with van der Waals surface area (Å²) in [4.78, 5) is 23.5. The molecule has 1 amide bonds. The van der Waals surface area contributed by atoms with E-state index in [-0.39, 0.29) is 12.5 Å². The van der Waals surface area contributed by atoms with Crippen LogP contribution >= 0.6 is 11.6 Å². The van der Waals surface area contributed by atoms with Gasteiger partial charge in [-0.1, -0.05) is 37.1 Å². The fourth-order valence-corrected chi connectivity index (χ4v) is 2.69. The van der Waals surface area contributed by atoms with Gasteiger partial charge in [-0.2, -0.15) is 5.10 Å². The number of rotatable bonds is 7. The largest absolute Gasteiger partial charge is 0.481 e. The van der Waals surface area contributed by atoms with Crippen molar-refractivity contribution >= 4 is 23.5 Å². The number of benzene rings is 1. The van der Waals surface area contributed by atoms with Gasteiger partial charge in [0.05, 0.1) is 34.1 Å². The summed E-state index contributed by atoms with van der Waals surface area (Å²) >= 11 is 6.17. The number of carboxylic acids is 1. The van der Waals surface area contributed by atoms with E-state index >= 15 is 0 Å². The van der Waals surface area contributed by atoms with Crippen molar-refractivity contribution < 1.29 is 14.7 Å². The molecule has 0 aliphatic heterocycles. The molecule has 2 aromatic rings. The molecule has 1 atom stereocenters. The average molecular weight is 350 g/mol. The number of halogens is 1. The molecule has 0 aliphatic carbocycles. The summed E-state index contributed by atoms with van der Waals surface area (Å²) in [5, 5.41) is 16.6. The Morgan fingerprint density at radius 1 is 1.38 bits per heavy atom. The Labute approximate surface area is 145 Å². The quantitative estimate of drug-likeness (QED) is 0.804. The maximum atomic E-state index is 12.3. The molecule has 1 heterocycles. The summed E-state index contributed by atoms with van der Waals surface area (Å²) in [6.07, 6.45) is 2.73. The molecule has 1 aromatic heterocycles. The van der Waals surface area contributed by atoms with Crippen molar-refractivity contribution in [2.45, 2.75) is 26.7 Å². The van der Waals surface area contributed by atoms with E-state index in [4.69, 9.17) is 16.7 Å². The van der Waals surface area contributed by atoms with Gasteiger partial charge in [-0.05, 0) is 25.5 Å². The Kier molecular flexibility index (Phi) is 5.98. The van der Waals surface area contributed by atoms with Crippen molar-refractivity contribution in [3.05, 3.63) is 46.7 Å². The second-order valence-electron chi connectivity index (χ2n) is 5.54. The van der Waals surface area contributed by atoms with Crippen LogP contribution in [0.25, 0.3) is 5.69 Å². The van der Waals surface area contributed by atoms with Crippen molar-refractivity contribution in [2.24, 2.45) is 5.92 Å². The zero-order valence-corrected chi connectivity index (χ0v) is 14.4. The summed E-state index contributed by atoms with van der Waals surface area (Å²) in [6.45, 7) is 3.78. The molecule has 7 heteroatoms. The maximum Gasteiger partial charge on any atom is 0.308 e. The van der Waals surface area contributed by atoms with Crippen LogP contribution < -0.4 is 5.32 Å². The van der Waals surface area contributed by atoms with Gasteiger partial charge in [0.2, 0.25) is 0 Å². The fraction of sp³-hybridized carbons (Fsp3) is 0.353. The van der Waals surface area contributed by atoms with Crippen LogP contribution in [0.1, 0.15) is 35.8 Å². The molecular weight excluding hydrogens is 330 g/mol. The first-order valence-corrected chi connectivity index (χ1v) is 8.14. The van der Waals surface area contributed by atoms with Crippen LogP contribution in [0, 0.1) is 12.8 Å². The lowest BCUT2D eigenvalue weighted by molar-refractivity contribution is -0.141. The number of nitrogens with zero attached hydrogens (tertiary/aromatic N) is 2. The summed E-state index contributed by atoms with van der Waals surface area (Å²) in [6, 6.07) is 7.22. The number of carbonyl (C=O) groups is 2. The lowest BCUT2D eigenvalue weighted by Crippen LogP contribution is -2.33. The highest BCUT2D eigenvalue weighted by Crippen LogP contribution is 2.22. The highest BCUT2D eigenvalue weighted by molar-refractivity contribution is 6.32. The molecule has 128 valence electrons. The number of carbonyl (C=O) groups excluding carboxylic acids is 1. The smallest absolute Gasteiger partial charge is 0.308 e. The summed E-state index contributed by atoms with van der Waals surface area (Å²) in [5.74, 6) is -1.83. The van der Waals surface area contributed by atoms with Crippen LogP contribution in [0.4, 0.5) is 0 Å². The van der Waals surface area contributed by atoms with Gasteiger partial charge in [-0.25, -0.2) is 4.68 Å². The Morgan fingerprint density at radius 3 is 2.71 bits per heavy atom. The van der Waals surface area contributed by atoms with Crippen molar-refractivity contribution in [3.8, 4) is 5.69 Å². The lowest BCUT2D eigenvalue weighted by Gasteiger charge is -2.12. The molecular formula is C17H20ClN3O3. The van der Waals surface area contributed by atoms with Gasteiger partial charge in [0.15, 0.2) is 0 Å². The third kappa shape index (κ3) is 3.94. The molecule has 0 radical (unpaired) electrons. The second kappa shape index (κ2) is 7.97. The van der Waals surface area contributed by atoms with Crippen LogP contribution in [-0.4, -0.2) is 33.3 Å². The molecule has 1 aromatic carbocycles. The third-order valence-electron chi connectivity index (χ3n) is 3.83. The van der Waals surface area contributed by atoms with Gasteiger partial charge >= 0.3 is 5.97 Å². The minimum absolute atomic E-state index is 0.0960. The maximum absolute atomic E-state index is 12.3. The Morgan fingerprint density at radius 2 is 2.08 bits per heavy atom. The number of aromatic nitrogens is 2. The topological polar surface area (TPSA) is 84.2 Å². The van der Waals surface area contributed by atoms with E-state index in [0.29, 0.717) is 28.4 Å². The minimum atomic E-state index is -0.902. The van der Waals surface area contributed by atoms with Crippen LogP contribution in [0.15, 0.2) is 30.5 Å². The SMILES string of the molecule is CCCC(CNC(=O)c1cnn(-c2ccccc2Cl)c1C)C(=O)O. The Hall–Kier alpha value is -2.34. The molecule has 6 nitrogen and oxygen atoms in total. The van der Waals surface area contributed by atoms with E-state index in [1.54, 1.807) is 17.7 Å². The molecule has 1 unspecified atom stereocenters. The van der Waals surface area contributed by atoms with Crippen molar-refractivity contribution in [1.82, 2.24) is 15.1 Å². The fourth-order valence-electron chi connectivity index (χ4n) is 2.47. The standard InChI is InChI=1S/C17H20ClN3O3/c1-3-6-12(17(23)24)9-19-16(22)13-10-20-21(11(13)2)15-8-5-4-7-14(15)18/h4-5,7-8,10,12H,3,6,9H2,1-2H3,(H,19,22)(H,23,24). The molecule has 0 saturated carbocycles. The van der Waals surface area contributed by atoms with E-state index in [9.17, 15) is 9.59 Å². The van der Waals surface area contributed by atoms with Crippen LogP contribution in [0.3, 0.4) is 0 Å². The van der Waals surface area contributed by atoms with Gasteiger partial charge in [-0.15, -0.1) is 0 Å². The molecule has 0 bridgehead atoms. The first-order valence-electron chi connectivity index (χ1n) is 7.76. The van der Waals surface area contributed by atoms with Gasteiger partial charge < -0.3 is 10.4 Å². The van der Waals surface area contributed by atoms with E-state index in [0.717, 1.165) is 6.42 Å². The number of nitrogens with one attached hydrogen (secondary N) is 1. The van der Waals surface area contributed by atoms with Crippen LogP contribution in [0.2, 0.25) is 5.02 Å². The normalized spacial score (nSPS) is 12.0. The number of amides is 1. The lowest BCUT2D eigenvalue weighted by atomic mass is 10.0. The van der Waals surface area contributed by atoms with Gasteiger partial charge in [-0.3, -0.25) is 9.59 Å². The van der Waals surface area contributed by atoms with Crippen molar-refractivity contribution in [1.29, 1.82) is 0 Å². The third-order valence-corrected chi connectivity index (χ3v) is 4.15. The number of aliphatic carboxylic acids is 1. The number of hydrogen-bond donors (Lipinski definition) is 2. The Balaban J connectivity index is 2.14. The molecule has 0 fully saturated rings. The monoisotopic (exact) mass is 349 g/mol. The van der Waals surface area contributed by atoms with Crippen LogP contribution in [-0.2, 0) is 4.79 Å². The van der Waals surface area contributed by atoms with E-state index in [1.807, 2.05) is 25.1 Å². The van der Waals surface area contributed by atoms with Crippen LogP contribution in [0.5, 0.6) is 0 Å². The molecule has 24 heavy (non-hydrogen) atoms. The first-order chi connectivity index (χ1) is 11.5. The van der Waals surface area contributed by atoms with E-state index in [2.05, 4.69) is 10.4 Å². The second-order valence-corrected chi connectivity index (χ2v) is 5.95. The number of hydrogen-bond acceptors (Lipinski definition) is 3. The Bertz CT molecular complexity index is 742. The minimum Gasteiger partial charge on any atom is -0.481 e.